The van der Waals surface area contributed by atoms with Crippen LogP contribution in [0.5, 0.6) is 0 Å². The Hall–Kier alpha value is -0.160. The molecule has 1 saturated heterocycles. The molecular weight excluding hydrogens is 250 g/mol. The van der Waals surface area contributed by atoms with Gasteiger partial charge in [0.05, 0.1) is 12.1 Å². The average Bonchev–Trinajstić information content (AvgIpc) is 3.25. The molecule has 3 atom stereocenters. The highest BCUT2D eigenvalue weighted by atomic mass is 16.3. The Labute approximate surface area is 124 Å². The number of hydrogen-bond donors (Lipinski definition) is 2. The fraction of sp³-hybridized carbons (Fsp3) is 1.00. The lowest BCUT2D eigenvalue weighted by atomic mass is 9.92. The summed E-state index contributed by atoms with van der Waals surface area (Å²) in [7, 11) is 2.22. The van der Waals surface area contributed by atoms with Crippen LogP contribution in [0.3, 0.4) is 0 Å². The van der Waals surface area contributed by atoms with Crippen LogP contribution >= 0.6 is 0 Å². The van der Waals surface area contributed by atoms with Crippen molar-refractivity contribution in [2.24, 2.45) is 5.92 Å². The number of aliphatic hydroxyl groups is 1. The molecule has 2 fully saturated rings. The van der Waals surface area contributed by atoms with Gasteiger partial charge in [-0.3, -0.25) is 9.80 Å². The Morgan fingerprint density at radius 2 is 1.80 bits per heavy atom. The van der Waals surface area contributed by atoms with Gasteiger partial charge in [0.2, 0.25) is 0 Å². The third-order valence-corrected chi connectivity index (χ3v) is 5.31. The number of aliphatic hydroxyl groups excluding tert-OH is 1. The van der Waals surface area contributed by atoms with Gasteiger partial charge in [-0.1, -0.05) is 6.92 Å². The number of rotatable bonds is 7. The van der Waals surface area contributed by atoms with Crippen molar-refractivity contribution in [3.63, 3.8) is 0 Å². The van der Waals surface area contributed by atoms with Crippen LogP contribution in [-0.2, 0) is 0 Å². The predicted octanol–water partition coefficient (Wildman–Crippen LogP) is 1.15. The normalized spacial score (nSPS) is 32.2. The zero-order valence-electron chi connectivity index (χ0n) is 13.7. The van der Waals surface area contributed by atoms with Gasteiger partial charge in [0.25, 0.3) is 0 Å². The molecule has 0 bridgehead atoms. The van der Waals surface area contributed by atoms with Crippen molar-refractivity contribution in [3.05, 3.63) is 0 Å². The highest BCUT2D eigenvalue weighted by Crippen LogP contribution is 2.40. The molecule has 1 heterocycles. The molecule has 118 valence electrons. The van der Waals surface area contributed by atoms with E-state index in [1.54, 1.807) is 0 Å². The summed E-state index contributed by atoms with van der Waals surface area (Å²) in [5.74, 6) is 0.671. The van der Waals surface area contributed by atoms with Crippen LogP contribution in [0.15, 0.2) is 0 Å². The fourth-order valence-electron chi connectivity index (χ4n) is 3.62. The molecule has 0 aromatic heterocycles. The van der Waals surface area contributed by atoms with Crippen LogP contribution < -0.4 is 5.32 Å². The van der Waals surface area contributed by atoms with Gasteiger partial charge >= 0.3 is 0 Å². The Morgan fingerprint density at radius 1 is 1.20 bits per heavy atom. The van der Waals surface area contributed by atoms with Crippen LogP contribution in [0.25, 0.3) is 0 Å². The summed E-state index contributed by atoms with van der Waals surface area (Å²) in [4.78, 5) is 5.03. The van der Waals surface area contributed by atoms with Gasteiger partial charge in [-0.05, 0) is 52.6 Å². The minimum Gasteiger partial charge on any atom is -0.394 e. The summed E-state index contributed by atoms with van der Waals surface area (Å²) in [6.45, 7) is 11.3. The number of hydrogen-bond acceptors (Lipinski definition) is 4. The molecular formula is C16H33N3O. The summed E-state index contributed by atoms with van der Waals surface area (Å²) in [5.41, 5.74) is -0.0641. The molecule has 1 aliphatic heterocycles. The van der Waals surface area contributed by atoms with Crippen molar-refractivity contribution < 1.29 is 5.11 Å². The second-order valence-electron chi connectivity index (χ2n) is 7.07. The first-order valence-electron chi connectivity index (χ1n) is 8.32. The van der Waals surface area contributed by atoms with Crippen LogP contribution in [0, 0.1) is 5.92 Å². The molecule has 0 aromatic rings. The van der Waals surface area contributed by atoms with E-state index in [4.69, 9.17) is 0 Å². The maximum Gasteiger partial charge on any atom is 0.0628 e. The van der Waals surface area contributed by atoms with Crippen molar-refractivity contribution >= 4 is 0 Å². The zero-order chi connectivity index (χ0) is 14.8. The SMILES string of the molecule is CCCNC(CO)(CN1CC(C)N(C)C(C)C1)C1CC1. The quantitative estimate of drug-likeness (QED) is 0.735. The van der Waals surface area contributed by atoms with E-state index in [2.05, 4.69) is 42.9 Å². The van der Waals surface area contributed by atoms with Gasteiger partial charge in [0.1, 0.15) is 0 Å². The largest absolute Gasteiger partial charge is 0.394 e. The van der Waals surface area contributed by atoms with E-state index < -0.39 is 0 Å². The molecule has 2 rings (SSSR count). The maximum absolute atomic E-state index is 10.0. The van der Waals surface area contributed by atoms with E-state index in [0.29, 0.717) is 18.0 Å². The third-order valence-electron chi connectivity index (χ3n) is 5.31. The zero-order valence-corrected chi connectivity index (χ0v) is 13.7. The smallest absolute Gasteiger partial charge is 0.0628 e. The standard InChI is InChI=1S/C16H33N3O/c1-5-8-17-16(12-20,15-6-7-15)11-19-9-13(2)18(4)14(3)10-19/h13-15,17,20H,5-12H2,1-4H3. The van der Waals surface area contributed by atoms with Crippen LogP contribution in [0.4, 0.5) is 0 Å². The summed E-state index contributed by atoms with van der Waals surface area (Å²) in [5, 5.41) is 13.7. The molecule has 1 saturated carbocycles. The fourth-order valence-corrected chi connectivity index (χ4v) is 3.62. The Balaban J connectivity index is 2.00. The Morgan fingerprint density at radius 3 is 2.25 bits per heavy atom. The number of piperazine rings is 1. The summed E-state index contributed by atoms with van der Waals surface area (Å²) < 4.78 is 0. The van der Waals surface area contributed by atoms with Crippen molar-refractivity contribution in [2.45, 2.75) is 57.7 Å². The Bertz CT molecular complexity index is 296. The lowest BCUT2D eigenvalue weighted by Crippen LogP contribution is -2.63. The molecule has 0 aromatic carbocycles. The molecule has 2 N–H and O–H groups in total. The van der Waals surface area contributed by atoms with Gasteiger partial charge in [-0.25, -0.2) is 0 Å². The molecule has 3 unspecified atom stereocenters. The number of nitrogens with one attached hydrogen (secondary N) is 1. The van der Waals surface area contributed by atoms with Gasteiger partial charge in [-0.15, -0.1) is 0 Å². The second-order valence-corrected chi connectivity index (χ2v) is 7.07. The number of likely N-dealkylation sites (N-methyl/N-ethyl adjacent to an activating group) is 1. The van der Waals surface area contributed by atoms with Crippen molar-refractivity contribution in [1.82, 2.24) is 15.1 Å². The monoisotopic (exact) mass is 283 g/mol. The molecule has 0 amide bonds. The topological polar surface area (TPSA) is 38.7 Å². The van der Waals surface area contributed by atoms with E-state index in [1.807, 2.05) is 0 Å². The Kier molecular flexibility index (Phi) is 5.46. The van der Waals surface area contributed by atoms with Gasteiger partial charge in [-0.2, -0.15) is 0 Å². The minimum absolute atomic E-state index is 0.0641. The van der Waals surface area contributed by atoms with E-state index in [-0.39, 0.29) is 12.1 Å². The summed E-state index contributed by atoms with van der Waals surface area (Å²) in [6.07, 6.45) is 3.68. The first-order chi connectivity index (χ1) is 9.52. The first-order valence-corrected chi connectivity index (χ1v) is 8.32. The molecule has 0 spiro atoms. The van der Waals surface area contributed by atoms with Gasteiger partial charge < -0.3 is 10.4 Å². The second kappa shape index (κ2) is 6.73. The van der Waals surface area contributed by atoms with Gasteiger partial charge in [0, 0.05) is 31.7 Å². The molecule has 20 heavy (non-hydrogen) atoms. The highest BCUT2D eigenvalue weighted by molar-refractivity contribution is 5.03. The van der Waals surface area contributed by atoms with E-state index in [9.17, 15) is 5.11 Å². The van der Waals surface area contributed by atoms with E-state index >= 15 is 0 Å². The van der Waals surface area contributed by atoms with Crippen LogP contribution in [0.2, 0.25) is 0 Å². The first kappa shape index (κ1) is 16.2. The molecule has 2 aliphatic rings. The molecule has 0 radical (unpaired) electrons. The molecule has 4 nitrogen and oxygen atoms in total. The minimum atomic E-state index is -0.0641. The predicted molar refractivity (Wildman–Crippen MR) is 84.0 cm³/mol. The molecule has 1 aliphatic carbocycles. The van der Waals surface area contributed by atoms with Crippen LogP contribution in [0.1, 0.15) is 40.0 Å². The van der Waals surface area contributed by atoms with Crippen LogP contribution in [-0.4, -0.2) is 72.4 Å². The maximum atomic E-state index is 10.0. The lowest BCUT2D eigenvalue weighted by Gasteiger charge is -2.46. The van der Waals surface area contributed by atoms with Crippen molar-refractivity contribution in [1.29, 1.82) is 0 Å². The highest BCUT2D eigenvalue weighted by Gasteiger charge is 2.46. The summed E-state index contributed by atoms with van der Waals surface area (Å²) >= 11 is 0. The van der Waals surface area contributed by atoms with Crippen molar-refractivity contribution in [3.8, 4) is 0 Å². The summed E-state index contributed by atoms with van der Waals surface area (Å²) in [6, 6.07) is 1.20. The van der Waals surface area contributed by atoms with E-state index in [0.717, 1.165) is 32.6 Å². The van der Waals surface area contributed by atoms with Gasteiger partial charge in [0.15, 0.2) is 0 Å². The van der Waals surface area contributed by atoms with E-state index in [1.165, 1.54) is 12.8 Å². The molecule has 4 heteroatoms. The van der Waals surface area contributed by atoms with Crippen molar-refractivity contribution in [2.75, 3.05) is 39.8 Å². The number of nitrogens with zero attached hydrogens (tertiary/aromatic N) is 2. The third kappa shape index (κ3) is 3.53. The average molecular weight is 283 g/mol. The lowest BCUT2D eigenvalue weighted by molar-refractivity contribution is 0.0217.